The number of hydrogen-bond acceptors (Lipinski definition) is 4. The lowest BCUT2D eigenvalue weighted by molar-refractivity contribution is -0.206. The normalized spacial score (nSPS) is 23.6. The van der Waals surface area contributed by atoms with Crippen molar-refractivity contribution < 1.29 is 24.1 Å². The van der Waals surface area contributed by atoms with Crippen molar-refractivity contribution in [3.05, 3.63) is 35.9 Å². The van der Waals surface area contributed by atoms with Gasteiger partial charge in [0, 0.05) is 12.8 Å². The fourth-order valence-corrected chi connectivity index (χ4v) is 3.18. The van der Waals surface area contributed by atoms with Crippen LogP contribution in [0.3, 0.4) is 0 Å². The first-order chi connectivity index (χ1) is 9.64. The van der Waals surface area contributed by atoms with Crippen LogP contribution in [0, 0.1) is 0 Å². The van der Waals surface area contributed by atoms with Crippen molar-refractivity contribution in [3.8, 4) is 0 Å². The summed E-state index contributed by atoms with van der Waals surface area (Å²) in [5, 5.41) is 9.06. The van der Waals surface area contributed by atoms with Gasteiger partial charge in [-0.25, -0.2) is 4.79 Å². The van der Waals surface area contributed by atoms with Crippen LogP contribution in [0.4, 0.5) is 4.79 Å². The Hall–Kier alpha value is -1.59. The molecule has 1 aliphatic carbocycles. The van der Waals surface area contributed by atoms with E-state index in [1.54, 1.807) is 0 Å². The van der Waals surface area contributed by atoms with E-state index in [2.05, 4.69) is 0 Å². The van der Waals surface area contributed by atoms with Crippen molar-refractivity contribution in [2.75, 3.05) is 13.2 Å². The maximum Gasteiger partial charge on any atom is 0.506 e. The van der Waals surface area contributed by atoms with Crippen LogP contribution in [-0.2, 0) is 19.8 Å². The SMILES string of the molecule is O=C(O)OC1(c2ccccc2)CCC2(CC1)OCCO2. The molecule has 1 heterocycles. The number of hydrogen-bond donors (Lipinski definition) is 1. The number of carbonyl (C=O) groups is 1. The van der Waals surface area contributed by atoms with Crippen molar-refractivity contribution in [3.63, 3.8) is 0 Å². The van der Waals surface area contributed by atoms with Crippen LogP contribution in [0.15, 0.2) is 30.3 Å². The van der Waals surface area contributed by atoms with Gasteiger partial charge in [-0.3, -0.25) is 0 Å². The molecular weight excluding hydrogens is 260 g/mol. The summed E-state index contributed by atoms with van der Waals surface area (Å²) in [5.41, 5.74) is 0.114. The van der Waals surface area contributed by atoms with E-state index in [0.717, 1.165) is 5.56 Å². The van der Waals surface area contributed by atoms with Crippen LogP contribution in [0.1, 0.15) is 31.2 Å². The van der Waals surface area contributed by atoms with Gasteiger partial charge in [0.1, 0.15) is 5.60 Å². The van der Waals surface area contributed by atoms with E-state index in [4.69, 9.17) is 19.3 Å². The molecular formula is C15H18O5. The Morgan fingerprint density at radius 3 is 2.20 bits per heavy atom. The number of ether oxygens (including phenoxy) is 3. The van der Waals surface area contributed by atoms with Crippen LogP contribution in [-0.4, -0.2) is 30.3 Å². The Kier molecular flexibility index (Phi) is 3.40. The molecule has 5 nitrogen and oxygen atoms in total. The molecule has 0 aromatic heterocycles. The van der Waals surface area contributed by atoms with Gasteiger partial charge in [0.2, 0.25) is 0 Å². The van der Waals surface area contributed by atoms with Crippen molar-refractivity contribution in [2.24, 2.45) is 0 Å². The molecule has 1 aliphatic heterocycles. The summed E-state index contributed by atoms with van der Waals surface area (Å²) in [4.78, 5) is 11.1. The molecule has 20 heavy (non-hydrogen) atoms. The highest BCUT2D eigenvalue weighted by molar-refractivity contribution is 5.58. The zero-order valence-electron chi connectivity index (χ0n) is 11.2. The number of carboxylic acid groups (broad SMARTS) is 1. The van der Waals surface area contributed by atoms with Crippen molar-refractivity contribution in [1.29, 1.82) is 0 Å². The third-order valence-corrected chi connectivity index (χ3v) is 4.22. The molecule has 1 saturated heterocycles. The van der Waals surface area contributed by atoms with Gasteiger partial charge in [0.15, 0.2) is 5.79 Å². The van der Waals surface area contributed by atoms with E-state index >= 15 is 0 Å². The van der Waals surface area contributed by atoms with Gasteiger partial charge in [-0.05, 0) is 18.4 Å². The van der Waals surface area contributed by atoms with Crippen LogP contribution in [0.25, 0.3) is 0 Å². The van der Waals surface area contributed by atoms with Crippen molar-refractivity contribution >= 4 is 6.16 Å². The fraction of sp³-hybridized carbons (Fsp3) is 0.533. The molecule has 2 aliphatic rings. The van der Waals surface area contributed by atoms with Gasteiger partial charge in [-0.15, -0.1) is 0 Å². The topological polar surface area (TPSA) is 65.0 Å². The fourth-order valence-electron chi connectivity index (χ4n) is 3.18. The smallest absolute Gasteiger partial charge is 0.450 e. The Morgan fingerprint density at radius 2 is 1.65 bits per heavy atom. The van der Waals surface area contributed by atoms with E-state index in [1.165, 1.54) is 0 Å². The van der Waals surface area contributed by atoms with E-state index in [9.17, 15) is 4.79 Å². The largest absolute Gasteiger partial charge is 0.506 e. The highest BCUT2D eigenvalue weighted by Gasteiger charge is 2.49. The zero-order valence-corrected chi connectivity index (χ0v) is 11.2. The summed E-state index contributed by atoms with van der Waals surface area (Å²) in [6.45, 7) is 1.22. The molecule has 0 radical (unpaired) electrons. The van der Waals surface area contributed by atoms with Gasteiger partial charge in [-0.2, -0.15) is 0 Å². The summed E-state index contributed by atoms with van der Waals surface area (Å²) in [5.74, 6) is -0.528. The molecule has 1 saturated carbocycles. The Bertz CT molecular complexity index is 468. The minimum absolute atomic E-state index is 0.528. The molecule has 0 amide bonds. The second kappa shape index (κ2) is 5.07. The zero-order chi connectivity index (χ0) is 14.1. The molecule has 2 fully saturated rings. The summed E-state index contributed by atoms with van der Waals surface area (Å²) in [6, 6.07) is 9.53. The van der Waals surface area contributed by atoms with E-state index in [-0.39, 0.29) is 0 Å². The standard InChI is InChI=1S/C15H18O5/c16-13(17)20-14(12-4-2-1-3-5-12)6-8-15(9-7-14)18-10-11-19-15/h1-5H,6-11H2,(H,16,17). The second-order valence-corrected chi connectivity index (χ2v) is 5.34. The lowest BCUT2D eigenvalue weighted by Gasteiger charge is -2.42. The molecule has 108 valence electrons. The van der Waals surface area contributed by atoms with Crippen LogP contribution in [0.2, 0.25) is 0 Å². The predicted molar refractivity (Wildman–Crippen MR) is 70.3 cm³/mol. The van der Waals surface area contributed by atoms with Gasteiger partial charge < -0.3 is 19.3 Å². The molecule has 0 atom stereocenters. The van der Waals surface area contributed by atoms with Crippen molar-refractivity contribution in [2.45, 2.75) is 37.1 Å². The summed E-state index contributed by atoms with van der Waals surface area (Å²) < 4.78 is 16.7. The summed E-state index contributed by atoms with van der Waals surface area (Å²) in [6.07, 6.45) is 1.20. The highest BCUT2D eigenvalue weighted by Crippen LogP contribution is 2.47. The molecule has 0 bridgehead atoms. The minimum atomic E-state index is -1.24. The Balaban J connectivity index is 1.84. The number of rotatable bonds is 2. The Labute approximate surface area is 117 Å². The lowest BCUT2D eigenvalue weighted by Crippen LogP contribution is -2.44. The van der Waals surface area contributed by atoms with E-state index in [1.807, 2.05) is 30.3 Å². The maximum absolute atomic E-state index is 11.1. The first kappa shape index (κ1) is 13.4. The van der Waals surface area contributed by atoms with Gasteiger partial charge in [0.25, 0.3) is 0 Å². The van der Waals surface area contributed by atoms with E-state index < -0.39 is 17.5 Å². The predicted octanol–water partition coefficient (Wildman–Crippen LogP) is 2.89. The molecule has 1 aromatic rings. The van der Waals surface area contributed by atoms with Gasteiger partial charge in [0.05, 0.1) is 13.2 Å². The van der Waals surface area contributed by atoms with Gasteiger partial charge in [-0.1, -0.05) is 30.3 Å². The van der Waals surface area contributed by atoms with Gasteiger partial charge >= 0.3 is 6.16 Å². The number of benzene rings is 1. The molecule has 1 aromatic carbocycles. The highest BCUT2D eigenvalue weighted by atomic mass is 16.7. The average molecular weight is 278 g/mol. The quantitative estimate of drug-likeness (QED) is 0.843. The first-order valence-electron chi connectivity index (χ1n) is 6.90. The third kappa shape index (κ3) is 2.39. The summed E-state index contributed by atoms with van der Waals surface area (Å²) >= 11 is 0. The third-order valence-electron chi connectivity index (χ3n) is 4.22. The van der Waals surface area contributed by atoms with Crippen LogP contribution in [0.5, 0.6) is 0 Å². The first-order valence-corrected chi connectivity index (χ1v) is 6.90. The van der Waals surface area contributed by atoms with Crippen LogP contribution >= 0.6 is 0 Å². The minimum Gasteiger partial charge on any atom is -0.450 e. The average Bonchev–Trinajstić information content (AvgIpc) is 2.91. The lowest BCUT2D eigenvalue weighted by atomic mass is 9.77. The van der Waals surface area contributed by atoms with Crippen molar-refractivity contribution in [1.82, 2.24) is 0 Å². The monoisotopic (exact) mass is 278 g/mol. The maximum atomic E-state index is 11.1. The molecule has 0 unspecified atom stereocenters. The molecule has 1 spiro atoms. The summed E-state index contributed by atoms with van der Waals surface area (Å²) in [7, 11) is 0. The molecule has 1 N–H and O–H groups in total. The molecule has 3 rings (SSSR count). The van der Waals surface area contributed by atoms with E-state index in [0.29, 0.717) is 38.9 Å². The molecule has 5 heteroatoms. The second-order valence-electron chi connectivity index (χ2n) is 5.34. The Morgan fingerprint density at radius 1 is 1.05 bits per heavy atom. The van der Waals surface area contributed by atoms with Crippen LogP contribution < -0.4 is 0 Å².